The molecule has 0 saturated carbocycles. The molecule has 1 fully saturated rings. The fraction of sp³-hybridized carbons (Fsp3) is 0.562. The Kier molecular flexibility index (Phi) is 5.07. The number of hydrogen-bond donors (Lipinski definition) is 2. The Morgan fingerprint density at radius 1 is 1.48 bits per heavy atom. The second-order valence-corrected chi connectivity index (χ2v) is 5.90. The predicted octanol–water partition coefficient (Wildman–Crippen LogP) is 1.49. The lowest BCUT2D eigenvalue weighted by atomic mass is 9.96. The van der Waals surface area contributed by atoms with Crippen LogP contribution in [0.5, 0.6) is 0 Å². The molecule has 0 aliphatic carbocycles. The molecule has 2 N–H and O–H groups in total. The van der Waals surface area contributed by atoms with Crippen molar-refractivity contribution in [3.63, 3.8) is 0 Å². The van der Waals surface area contributed by atoms with Crippen LogP contribution in [0.4, 0.5) is 0 Å². The van der Waals surface area contributed by atoms with Gasteiger partial charge in [0.15, 0.2) is 0 Å². The molecule has 1 aliphatic rings. The van der Waals surface area contributed by atoms with Gasteiger partial charge in [0.1, 0.15) is 17.4 Å². The molecule has 7 nitrogen and oxygen atoms in total. The van der Waals surface area contributed by atoms with E-state index in [1.165, 1.54) is 0 Å². The highest BCUT2D eigenvalue weighted by Gasteiger charge is 2.25. The van der Waals surface area contributed by atoms with Crippen LogP contribution in [-0.2, 0) is 24.3 Å². The van der Waals surface area contributed by atoms with Crippen LogP contribution in [0.2, 0.25) is 0 Å². The normalized spacial score (nSPS) is 16.6. The molecule has 7 heteroatoms. The van der Waals surface area contributed by atoms with Gasteiger partial charge in [0.2, 0.25) is 5.91 Å². The van der Waals surface area contributed by atoms with Crippen molar-refractivity contribution < 1.29 is 9.21 Å². The van der Waals surface area contributed by atoms with E-state index in [0.717, 1.165) is 56.3 Å². The van der Waals surface area contributed by atoms with E-state index in [0.29, 0.717) is 6.54 Å². The van der Waals surface area contributed by atoms with Crippen molar-refractivity contribution in [2.24, 2.45) is 5.92 Å². The fourth-order valence-corrected chi connectivity index (χ4v) is 2.86. The smallest absolute Gasteiger partial charge is 0.223 e. The van der Waals surface area contributed by atoms with Gasteiger partial charge in [-0.3, -0.25) is 14.8 Å². The van der Waals surface area contributed by atoms with Crippen LogP contribution in [0.15, 0.2) is 22.8 Å². The molecular formula is C16H23N5O2. The highest BCUT2D eigenvalue weighted by molar-refractivity contribution is 5.78. The number of amides is 1. The maximum Gasteiger partial charge on any atom is 0.223 e. The molecule has 0 unspecified atom stereocenters. The molecule has 1 aliphatic heterocycles. The van der Waals surface area contributed by atoms with Gasteiger partial charge in [0.05, 0.1) is 19.4 Å². The maximum absolute atomic E-state index is 12.2. The van der Waals surface area contributed by atoms with Crippen molar-refractivity contribution in [3.05, 3.63) is 35.8 Å². The molecular weight excluding hydrogens is 294 g/mol. The van der Waals surface area contributed by atoms with E-state index in [-0.39, 0.29) is 11.8 Å². The average Bonchev–Trinajstić information content (AvgIpc) is 3.25. The third-order valence-corrected chi connectivity index (χ3v) is 4.24. The van der Waals surface area contributed by atoms with E-state index >= 15 is 0 Å². The van der Waals surface area contributed by atoms with Crippen LogP contribution in [-0.4, -0.2) is 39.1 Å². The van der Waals surface area contributed by atoms with Gasteiger partial charge in [-0.1, -0.05) is 6.92 Å². The van der Waals surface area contributed by atoms with Gasteiger partial charge in [-0.2, -0.15) is 5.10 Å². The number of aromatic amines is 1. The SMILES string of the molecule is CCc1n[nH]c(CN2CCC(C(=O)NCc3ccco3)CC2)n1. The first kappa shape index (κ1) is 15.7. The molecule has 23 heavy (non-hydrogen) atoms. The molecule has 124 valence electrons. The summed E-state index contributed by atoms with van der Waals surface area (Å²) < 4.78 is 5.23. The Bertz CT molecular complexity index is 614. The summed E-state index contributed by atoms with van der Waals surface area (Å²) in [6.07, 6.45) is 4.21. The average molecular weight is 317 g/mol. The summed E-state index contributed by atoms with van der Waals surface area (Å²) in [5, 5.41) is 10.1. The van der Waals surface area contributed by atoms with E-state index in [1.807, 2.05) is 19.1 Å². The summed E-state index contributed by atoms with van der Waals surface area (Å²) in [5.41, 5.74) is 0. The molecule has 0 aromatic carbocycles. The Hall–Kier alpha value is -2.15. The minimum absolute atomic E-state index is 0.0853. The van der Waals surface area contributed by atoms with Crippen LogP contribution < -0.4 is 5.32 Å². The molecule has 3 heterocycles. The zero-order valence-electron chi connectivity index (χ0n) is 13.4. The van der Waals surface area contributed by atoms with Gasteiger partial charge >= 0.3 is 0 Å². The van der Waals surface area contributed by atoms with Crippen LogP contribution in [0, 0.1) is 5.92 Å². The first-order valence-electron chi connectivity index (χ1n) is 8.17. The summed E-state index contributed by atoms with van der Waals surface area (Å²) >= 11 is 0. The van der Waals surface area contributed by atoms with Gasteiger partial charge < -0.3 is 9.73 Å². The van der Waals surface area contributed by atoms with Crippen molar-refractivity contribution in [2.45, 2.75) is 39.3 Å². The van der Waals surface area contributed by atoms with Crippen LogP contribution >= 0.6 is 0 Å². The van der Waals surface area contributed by atoms with Crippen molar-refractivity contribution in [3.8, 4) is 0 Å². The summed E-state index contributed by atoms with van der Waals surface area (Å²) in [4.78, 5) is 19.0. The molecule has 0 bridgehead atoms. The Labute approximate surface area is 135 Å². The highest BCUT2D eigenvalue weighted by atomic mass is 16.3. The van der Waals surface area contributed by atoms with Crippen molar-refractivity contribution in [2.75, 3.05) is 13.1 Å². The topological polar surface area (TPSA) is 87.0 Å². The molecule has 1 saturated heterocycles. The van der Waals surface area contributed by atoms with Crippen molar-refractivity contribution in [1.82, 2.24) is 25.4 Å². The van der Waals surface area contributed by atoms with Crippen molar-refractivity contribution in [1.29, 1.82) is 0 Å². The summed E-state index contributed by atoms with van der Waals surface area (Å²) in [5.74, 6) is 2.75. The summed E-state index contributed by atoms with van der Waals surface area (Å²) in [7, 11) is 0. The third-order valence-electron chi connectivity index (χ3n) is 4.24. The number of likely N-dealkylation sites (tertiary alicyclic amines) is 1. The Morgan fingerprint density at radius 3 is 2.96 bits per heavy atom. The minimum Gasteiger partial charge on any atom is -0.467 e. The number of nitrogens with one attached hydrogen (secondary N) is 2. The van der Waals surface area contributed by atoms with E-state index in [9.17, 15) is 4.79 Å². The molecule has 3 rings (SSSR count). The molecule has 1 amide bonds. The largest absolute Gasteiger partial charge is 0.467 e. The number of carbonyl (C=O) groups excluding carboxylic acids is 1. The van der Waals surface area contributed by atoms with Crippen LogP contribution in [0.25, 0.3) is 0 Å². The Morgan fingerprint density at radius 2 is 2.30 bits per heavy atom. The van der Waals surface area contributed by atoms with E-state index < -0.39 is 0 Å². The van der Waals surface area contributed by atoms with E-state index in [4.69, 9.17) is 4.42 Å². The van der Waals surface area contributed by atoms with E-state index in [1.54, 1.807) is 6.26 Å². The molecule has 2 aromatic heterocycles. The quantitative estimate of drug-likeness (QED) is 0.843. The number of rotatable bonds is 6. The van der Waals surface area contributed by atoms with Gasteiger partial charge in [0.25, 0.3) is 0 Å². The van der Waals surface area contributed by atoms with Gasteiger partial charge in [0, 0.05) is 12.3 Å². The Balaban J connectivity index is 1.41. The molecule has 0 atom stereocenters. The number of nitrogens with zero attached hydrogens (tertiary/aromatic N) is 3. The first-order chi connectivity index (χ1) is 11.2. The molecule has 0 radical (unpaired) electrons. The number of aromatic nitrogens is 3. The lowest BCUT2D eigenvalue weighted by Crippen LogP contribution is -2.40. The van der Waals surface area contributed by atoms with Crippen molar-refractivity contribution >= 4 is 5.91 Å². The van der Waals surface area contributed by atoms with Gasteiger partial charge in [-0.25, -0.2) is 4.98 Å². The number of hydrogen-bond acceptors (Lipinski definition) is 5. The monoisotopic (exact) mass is 317 g/mol. The maximum atomic E-state index is 12.2. The number of piperidine rings is 1. The molecule has 2 aromatic rings. The minimum atomic E-state index is 0.0853. The summed E-state index contributed by atoms with van der Waals surface area (Å²) in [6, 6.07) is 3.69. The second kappa shape index (κ2) is 7.41. The number of carbonyl (C=O) groups is 1. The number of aryl methyl sites for hydroxylation is 1. The van der Waals surface area contributed by atoms with Gasteiger partial charge in [-0.15, -0.1) is 0 Å². The standard InChI is InChI=1S/C16H23N5O2/c1-2-14-18-15(20-19-14)11-21-7-5-12(6-8-21)16(22)17-10-13-4-3-9-23-13/h3-4,9,12H,2,5-8,10-11H2,1H3,(H,17,22)(H,18,19,20). The van der Waals surface area contributed by atoms with Crippen LogP contribution in [0.3, 0.4) is 0 Å². The van der Waals surface area contributed by atoms with Gasteiger partial charge in [-0.05, 0) is 38.1 Å². The van der Waals surface area contributed by atoms with E-state index in [2.05, 4.69) is 25.4 Å². The first-order valence-corrected chi connectivity index (χ1v) is 8.17. The number of H-pyrrole nitrogens is 1. The fourth-order valence-electron chi connectivity index (χ4n) is 2.86. The highest BCUT2D eigenvalue weighted by Crippen LogP contribution is 2.18. The lowest BCUT2D eigenvalue weighted by Gasteiger charge is -2.30. The second-order valence-electron chi connectivity index (χ2n) is 5.90. The number of furan rings is 1. The summed E-state index contributed by atoms with van der Waals surface area (Å²) in [6.45, 7) is 5.08. The molecule has 0 spiro atoms. The third kappa shape index (κ3) is 4.19. The van der Waals surface area contributed by atoms with Crippen LogP contribution in [0.1, 0.15) is 37.2 Å². The predicted molar refractivity (Wildman–Crippen MR) is 84.3 cm³/mol. The lowest BCUT2D eigenvalue weighted by molar-refractivity contribution is -0.126. The zero-order chi connectivity index (χ0) is 16.1. The zero-order valence-corrected chi connectivity index (χ0v) is 13.4.